The highest BCUT2D eigenvalue weighted by Crippen LogP contribution is 2.42. The molecule has 1 unspecified atom stereocenters. The van der Waals surface area contributed by atoms with Crippen molar-refractivity contribution >= 4 is 17.6 Å². The van der Waals surface area contributed by atoms with Crippen LogP contribution in [0.3, 0.4) is 0 Å². The molecule has 0 radical (unpaired) electrons. The van der Waals surface area contributed by atoms with E-state index in [9.17, 15) is 18.4 Å². The molecule has 7 nitrogen and oxygen atoms in total. The van der Waals surface area contributed by atoms with Gasteiger partial charge >= 0.3 is 12.3 Å². The number of aliphatic carboxylic acids is 1. The molecule has 0 saturated heterocycles. The van der Waals surface area contributed by atoms with E-state index in [4.69, 9.17) is 5.11 Å². The molecular weight excluding hydrogens is 314 g/mol. The number of alkyl halides is 2. The number of anilines is 1. The van der Waals surface area contributed by atoms with Gasteiger partial charge in [0.1, 0.15) is 6.04 Å². The highest BCUT2D eigenvalue weighted by atomic mass is 19.3. The fraction of sp³-hybridized carbons (Fsp3) is 0.429. The van der Waals surface area contributed by atoms with Crippen LogP contribution in [0.5, 0.6) is 11.5 Å². The van der Waals surface area contributed by atoms with E-state index in [2.05, 4.69) is 20.1 Å². The number of rotatable bonds is 7. The van der Waals surface area contributed by atoms with Gasteiger partial charge in [-0.2, -0.15) is 0 Å². The summed E-state index contributed by atoms with van der Waals surface area (Å²) < 4.78 is 34.3. The number of carboxylic acids is 1. The van der Waals surface area contributed by atoms with E-state index < -0.39 is 24.2 Å². The van der Waals surface area contributed by atoms with Gasteiger partial charge in [-0.25, -0.2) is 0 Å². The maximum absolute atomic E-state index is 12.9. The zero-order chi connectivity index (χ0) is 17.0. The van der Waals surface area contributed by atoms with E-state index in [0.29, 0.717) is 12.8 Å². The van der Waals surface area contributed by atoms with E-state index >= 15 is 0 Å². The van der Waals surface area contributed by atoms with Crippen LogP contribution in [0, 0.1) is 0 Å². The zero-order valence-electron chi connectivity index (χ0n) is 12.3. The molecule has 0 saturated carbocycles. The zero-order valence-corrected chi connectivity index (χ0v) is 12.3. The Morgan fingerprint density at radius 1 is 1.30 bits per heavy atom. The Hall–Kier alpha value is -2.42. The van der Waals surface area contributed by atoms with E-state index in [1.54, 1.807) is 0 Å². The molecule has 1 aliphatic rings. The molecule has 0 aromatic heterocycles. The quantitative estimate of drug-likeness (QED) is 0.705. The van der Waals surface area contributed by atoms with Crippen molar-refractivity contribution in [2.45, 2.75) is 32.1 Å². The van der Waals surface area contributed by atoms with Gasteiger partial charge in [-0.3, -0.25) is 14.9 Å². The molecule has 0 aliphatic carbocycles. The number of hydrogen-bond donors (Lipinski definition) is 3. The fourth-order valence-electron chi connectivity index (χ4n) is 2.05. The van der Waals surface area contributed by atoms with Gasteiger partial charge < -0.3 is 19.9 Å². The summed E-state index contributed by atoms with van der Waals surface area (Å²) in [4.78, 5) is 22.7. The molecule has 23 heavy (non-hydrogen) atoms. The van der Waals surface area contributed by atoms with Crippen molar-refractivity contribution < 1.29 is 33.0 Å². The number of carbonyl (C=O) groups is 2. The van der Waals surface area contributed by atoms with Crippen LogP contribution >= 0.6 is 0 Å². The van der Waals surface area contributed by atoms with Crippen LogP contribution < -0.4 is 20.1 Å². The largest absolute Gasteiger partial charge is 0.586 e. The summed E-state index contributed by atoms with van der Waals surface area (Å²) in [5, 5.41) is 14.0. The van der Waals surface area contributed by atoms with Crippen LogP contribution in [0.25, 0.3) is 0 Å². The van der Waals surface area contributed by atoms with Crippen LogP contribution in [-0.4, -0.2) is 35.9 Å². The Morgan fingerprint density at radius 3 is 2.65 bits per heavy atom. The first kappa shape index (κ1) is 16.9. The number of fused-ring (bicyclic) bond motifs is 1. The maximum Gasteiger partial charge on any atom is 0.586 e. The molecule has 0 bridgehead atoms. The summed E-state index contributed by atoms with van der Waals surface area (Å²) in [5.41, 5.74) is 0.235. The standard InChI is InChI=1S/C14H16F2N2O5/c1-2-3-9(13(20)21)17-7-12(19)18-8-4-5-10-11(6-8)23-14(15,16)22-10/h4-6,9,17H,2-3,7H2,1H3,(H,18,19)(H,20,21). The van der Waals surface area contributed by atoms with Crippen LogP contribution in [0.15, 0.2) is 18.2 Å². The Balaban J connectivity index is 1.90. The number of carboxylic acid groups (broad SMARTS) is 1. The first-order valence-electron chi connectivity index (χ1n) is 6.96. The van der Waals surface area contributed by atoms with Crippen LogP contribution in [-0.2, 0) is 9.59 Å². The molecule has 1 aliphatic heterocycles. The average molecular weight is 330 g/mol. The van der Waals surface area contributed by atoms with E-state index in [1.165, 1.54) is 18.2 Å². The fourth-order valence-corrected chi connectivity index (χ4v) is 2.05. The van der Waals surface area contributed by atoms with Gasteiger partial charge in [0, 0.05) is 11.8 Å². The lowest BCUT2D eigenvalue weighted by Crippen LogP contribution is -2.41. The molecule has 1 aromatic rings. The van der Waals surface area contributed by atoms with Gasteiger partial charge in [-0.1, -0.05) is 13.3 Å². The minimum atomic E-state index is -3.72. The van der Waals surface area contributed by atoms with Crippen LogP contribution in [0.4, 0.5) is 14.5 Å². The number of halogens is 2. The maximum atomic E-state index is 12.9. The summed E-state index contributed by atoms with van der Waals surface area (Å²) >= 11 is 0. The molecule has 1 heterocycles. The third-order valence-corrected chi connectivity index (χ3v) is 3.07. The first-order valence-corrected chi connectivity index (χ1v) is 6.96. The molecule has 126 valence electrons. The number of carbonyl (C=O) groups excluding carboxylic acids is 1. The highest BCUT2D eigenvalue weighted by Gasteiger charge is 2.43. The van der Waals surface area contributed by atoms with Gasteiger partial charge in [-0.15, -0.1) is 8.78 Å². The summed E-state index contributed by atoms with van der Waals surface area (Å²) in [6.45, 7) is 1.61. The Kier molecular flexibility index (Phi) is 4.99. The van der Waals surface area contributed by atoms with Gasteiger partial charge in [0.05, 0.1) is 6.54 Å². The van der Waals surface area contributed by atoms with Gasteiger partial charge in [0.15, 0.2) is 11.5 Å². The van der Waals surface area contributed by atoms with Crippen molar-refractivity contribution in [3.63, 3.8) is 0 Å². The predicted octanol–water partition coefficient (Wildman–Crippen LogP) is 1.79. The summed E-state index contributed by atoms with van der Waals surface area (Å²) in [6, 6.07) is 3.01. The summed E-state index contributed by atoms with van der Waals surface area (Å²) in [6.07, 6.45) is -2.68. The normalized spacial score (nSPS) is 16.0. The highest BCUT2D eigenvalue weighted by molar-refractivity contribution is 5.93. The monoisotopic (exact) mass is 330 g/mol. The Morgan fingerprint density at radius 2 is 2.00 bits per heavy atom. The third-order valence-electron chi connectivity index (χ3n) is 3.07. The van der Waals surface area contributed by atoms with Gasteiger partial charge in [-0.05, 0) is 18.6 Å². The van der Waals surface area contributed by atoms with E-state index in [1.807, 2.05) is 6.92 Å². The molecule has 3 N–H and O–H groups in total. The molecule has 1 aromatic carbocycles. The number of amides is 1. The number of benzene rings is 1. The minimum absolute atomic E-state index is 0.125. The van der Waals surface area contributed by atoms with Crippen LogP contribution in [0.1, 0.15) is 19.8 Å². The second-order valence-corrected chi connectivity index (χ2v) is 4.94. The lowest BCUT2D eigenvalue weighted by atomic mass is 10.2. The smallest absolute Gasteiger partial charge is 0.480 e. The van der Waals surface area contributed by atoms with Crippen molar-refractivity contribution in [2.24, 2.45) is 0 Å². The van der Waals surface area contributed by atoms with Crippen LogP contribution in [0.2, 0.25) is 0 Å². The number of hydrogen-bond acceptors (Lipinski definition) is 5. The average Bonchev–Trinajstić information content (AvgIpc) is 2.76. The molecule has 2 rings (SSSR count). The second-order valence-electron chi connectivity index (χ2n) is 4.94. The SMILES string of the molecule is CCCC(NCC(=O)Nc1ccc2c(c1)OC(F)(F)O2)C(=O)O. The second kappa shape index (κ2) is 6.78. The Bertz CT molecular complexity index is 609. The van der Waals surface area contributed by atoms with E-state index in [0.717, 1.165) is 0 Å². The van der Waals surface area contributed by atoms with Crippen molar-refractivity contribution in [2.75, 3.05) is 11.9 Å². The van der Waals surface area contributed by atoms with Gasteiger partial charge in [0.25, 0.3) is 0 Å². The van der Waals surface area contributed by atoms with Crippen molar-refractivity contribution in [3.05, 3.63) is 18.2 Å². The van der Waals surface area contributed by atoms with Crippen molar-refractivity contribution in [1.82, 2.24) is 5.32 Å². The lowest BCUT2D eigenvalue weighted by molar-refractivity contribution is -0.286. The van der Waals surface area contributed by atoms with E-state index in [-0.39, 0.29) is 23.7 Å². The predicted molar refractivity (Wildman–Crippen MR) is 75.6 cm³/mol. The number of ether oxygens (including phenoxy) is 2. The molecule has 1 atom stereocenters. The van der Waals surface area contributed by atoms with Crippen molar-refractivity contribution in [3.8, 4) is 11.5 Å². The number of nitrogens with one attached hydrogen (secondary N) is 2. The van der Waals surface area contributed by atoms with Gasteiger partial charge in [0.2, 0.25) is 5.91 Å². The first-order chi connectivity index (χ1) is 10.8. The molecule has 0 spiro atoms. The molecular formula is C14H16F2N2O5. The lowest BCUT2D eigenvalue weighted by Gasteiger charge is -2.13. The molecule has 0 fully saturated rings. The topological polar surface area (TPSA) is 96.9 Å². The third kappa shape index (κ3) is 4.52. The summed E-state index contributed by atoms with van der Waals surface area (Å²) in [5.74, 6) is -1.85. The molecule has 9 heteroatoms. The minimum Gasteiger partial charge on any atom is -0.480 e. The van der Waals surface area contributed by atoms with Crippen molar-refractivity contribution in [1.29, 1.82) is 0 Å². The summed E-state index contributed by atoms with van der Waals surface area (Å²) in [7, 11) is 0. The Labute approximate surface area is 130 Å². The molecule has 1 amide bonds.